The Morgan fingerprint density at radius 2 is 2.14 bits per heavy atom. The van der Waals surface area contributed by atoms with E-state index in [1.807, 2.05) is 0 Å². The molecule has 1 aromatic heterocycles. The highest BCUT2D eigenvalue weighted by atomic mass is 32.2. The van der Waals surface area contributed by atoms with Crippen molar-refractivity contribution in [3.05, 3.63) is 37.0 Å². The van der Waals surface area contributed by atoms with E-state index in [1.54, 1.807) is 25.1 Å². The van der Waals surface area contributed by atoms with Gasteiger partial charge >= 0.3 is 0 Å². The molecule has 2 unspecified atom stereocenters. The summed E-state index contributed by atoms with van der Waals surface area (Å²) >= 11 is 0. The van der Waals surface area contributed by atoms with Crippen LogP contribution in [0.5, 0.6) is 0 Å². The van der Waals surface area contributed by atoms with Crippen LogP contribution in [0.2, 0.25) is 0 Å². The van der Waals surface area contributed by atoms with Gasteiger partial charge in [-0.25, -0.2) is 0 Å². The Labute approximate surface area is 83.7 Å². The molecule has 2 atom stereocenters. The fraction of sp³-hybridized carbons (Fsp3) is 0.333. The maximum atomic E-state index is 11.0. The van der Waals surface area contributed by atoms with Gasteiger partial charge in [-0.05, 0) is 25.0 Å². The lowest BCUT2D eigenvalue weighted by Crippen LogP contribution is -2.18. The third kappa shape index (κ3) is 2.52. The number of rotatable bonds is 3. The van der Waals surface area contributed by atoms with Crippen molar-refractivity contribution in [2.24, 2.45) is 5.92 Å². The molecule has 0 saturated carbocycles. The van der Waals surface area contributed by atoms with Crippen LogP contribution in [0.1, 0.15) is 17.9 Å². The third-order valence-electron chi connectivity index (χ3n) is 1.82. The second-order valence-corrected chi connectivity index (χ2v) is 4.71. The highest BCUT2D eigenvalue weighted by molar-refractivity contribution is 7.86. The Bertz CT molecular complexity index is 386. The highest BCUT2D eigenvalue weighted by Crippen LogP contribution is 2.27. The maximum Gasteiger partial charge on any atom is 0.273 e. The SMILES string of the molecule is [CH2]C(C)C(c1ccccn1)S(=O)(=O)O. The topological polar surface area (TPSA) is 67.3 Å². The van der Waals surface area contributed by atoms with Gasteiger partial charge < -0.3 is 0 Å². The van der Waals surface area contributed by atoms with Crippen LogP contribution in [-0.2, 0) is 10.1 Å². The first kappa shape index (κ1) is 11.1. The fourth-order valence-electron chi connectivity index (χ4n) is 1.28. The molecule has 1 heterocycles. The van der Waals surface area contributed by atoms with E-state index in [0.29, 0.717) is 5.69 Å². The summed E-state index contributed by atoms with van der Waals surface area (Å²) in [7, 11) is -4.14. The minimum atomic E-state index is -4.14. The highest BCUT2D eigenvalue weighted by Gasteiger charge is 2.29. The molecule has 0 saturated heterocycles. The first-order valence-corrected chi connectivity index (χ1v) is 5.63. The Morgan fingerprint density at radius 1 is 1.50 bits per heavy atom. The van der Waals surface area contributed by atoms with Crippen molar-refractivity contribution >= 4 is 10.1 Å². The molecule has 0 aliphatic carbocycles. The molecular weight excluding hydrogens is 202 g/mol. The van der Waals surface area contributed by atoms with Gasteiger partial charge in [-0.15, -0.1) is 0 Å². The first-order valence-electron chi connectivity index (χ1n) is 4.13. The quantitative estimate of drug-likeness (QED) is 0.774. The molecule has 0 spiro atoms. The molecule has 1 radical (unpaired) electrons. The number of nitrogens with zero attached hydrogens (tertiary/aromatic N) is 1. The van der Waals surface area contributed by atoms with Crippen molar-refractivity contribution in [1.29, 1.82) is 0 Å². The Morgan fingerprint density at radius 3 is 2.50 bits per heavy atom. The van der Waals surface area contributed by atoms with E-state index in [0.717, 1.165) is 0 Å². The maximum absolute atomic E-state index is 11.0. The molecule has 1 aromatic rings. The third-order valence-corrected chi connectivity index (χ3v) is 3.16. The standard InChI is InChI=1S/C9H12NO3S/c1-7(2)9(14(11,12)13)8-5-3-4-6-10-8/h3-7,9H,1H2,2H3,(H,11,12,13). The minimum Gasteiger partial charge on any atom is -0.285 e. The molecule has 77 valence electrons. The summed E-state index contributed by atoms with van der Waals surface area (Å²) in [5.41, 5.74) is 0.317. The lowest BCUT2D eigenvalue weighted by molar-refractivity contribution is 0.451. The minimum absolute atomic E-state index is 0.317. The van der Waals surface area contributed by atoms with Crippen LogP contribution in [0.3, 0.4) is 0 Å². The Hall–Kier alpha value is -0.940. The monoisotopic (exact) mass is 214 g/mol. The van der Waals surface area contributed by atoms with Crippen LogP contribution in [0.25, 0.3) is 0 Å². The smallest absolute Gasteiger partial charge is 0.273 e. The molecule has 4 nitrogen and oxygen atoms in total. The summed E-state index contributed by atoms with van der Waals surface area (Å²) in [6.07, 6.45) is 1.48. The van der Waals surface area contributed by atoms with E-state index in [2.05, 4.69) is 11.9 Å². The van der Waals surface area contributed by atoms with Gasteiger partial charge in [-0.1, -0.05) is 13.0 Å². The molecular formula is C9H12NO3S. The number of pyridine rings is 1. The van der Waals surface area contributed by atoms with Gasteiger partial charge in [0.05, 0.1) is 5.69 Å². The molecule has 14 heavy (non-hydrogen) atoms. The normalized spacial score (nSPS) is 14.3. The summed E-state index contributed by atoms with van der Waals surface area (Å²) in [6, 6.07) is 4.90. The van der Waals surface area contributed by atoms with Crippen molar-refractivity contribution in [2.45, 2.75) is 12.2 Å². The molecule has 1 N–H and O–H groups in total. The number of hydrogen-bond donors (Lipinski definition) is 1. The van der Waals surface area contributed by atoms with Gasteiger partial charge in [0.1, 0.15) is 5.25 Å². The Balaban J connectivity index is 3.15. The van der Waals surface area contributed by atoms with Crippen molar-refractivity contribution < 1.29 is 13.0 Å². The van der Waals surface area contributed by atoms with Crippen LogP contribution in [0.4, 0.5) is 0 Å². The lowest BCUT2D eigenvalue weighted by Gasteiger charge is -2.16. The summed E-state index contributed by atoms with van der Waals surface area (Å²) < 4.78 is 31.1. The van der Waals surface area contributed by atoms with Crippen LogP contribution in [0.15, 0.2) is 24.4 Å². The zero-order valence-corrected chi connectivity index (χ0v) is 8.61. The van der Waals surface area contributed by atoms with Gasteiger partial charge in [0.2, 0.25) is 0 Å². The van der Waals surface area contributed by atoms with Crippen molar-refractivity contribution in [2.75, 3.05) is 0 Å². The summed E-state index contributed by atoms with van der Waals surface area (Å²) in [4.78, 5) is 3.89. The van der Waals surface area contributed by atoms with Crippen molar-refractivity contribution in [1.82, 2.24) is 4.98 Å². The lowest BCUT2D eigenvalue weighted by atomic mass is 10.1. The average molecular weight is 214 g/mol. The zero-order valence-electron chi connectivity index (χ0n) is 7.79. The van der Waals surface area contributed by atoms with Crippen LogP contribution < -0.4 is 0 Å². The molecule has 5 heteroatoms. The molecule has 1 rings (SSSR count). The zero-order chi connectivity index (χ0) is 10.8. The fourth-order valence-corrected chi connectivity index (χ4v) is 2.31. The van der Waals surface area contributed by atoms with E-state index in [9.17, 15) is 8.42 Å². The van der Waals surface area contributed by atoms with Crippen molar-refractivity contribution in [3.8, 4) is 0 Å². The van der Waals surface area contributed by atoms with Gasteiger partial charge in [-0.3, -0.25) is 9.54 Å². The molecule has 0 aromatic carbocycles. The summed E-state index contributed by atoms with van der Waals surface area (Å²) in [5.74, 6) is -0.458. The molecule has 0 aliphatic rings. The van der Waals surface area contributed by atoms with Gasteiger partial charge in [0.15, 0.2) is 0 Å². The summed E-state index contributed by atoms with van der Waals surface area (Å²) in [5, 5.41) is -1.05. The van der Waals surface area contributed by atoms with Gasteiger partial charge in [0.25, 0.3) is 10.1 Å². The van der Waals surface area contributed by atoms with E-state index < -0.39 is 21.3 Å². The van der Waals surface area contributed by atoms with Crippen LogP contribution in [-0.4, -0.2) is 18.0 Å². The van der Waals surface area contributed by atoms with Crippen LogP contribution in [0, 0.1) is 12.8 Å². The number of aromatic nitrogens is 1. The van der Waals surface area contributed by atoms with E-state index in [4.69, 9.17) is 4.55 Å². The Kier molecular flexibility index (Phi) is 3.23. The van der Waals surface area contributed by atoms with E-state index >= 15 is 0 Å². The van der Waals surface area contributed by atoms with Gasteiger partial charge in [0, 0.05) is 6.20 Å². The average Bonchev–Trinajstić information content (AvgIpc) is 2.02. The molecule has 0 amide bonds. The van der Waals surface area contributed by atoms with E-state index in [1.165, 1.54) is 6.20 Å². The van der Waals surface area contributed by atoms with E-state index in [-0.39, 0.29) is 0 Å². The largest absolute Gasteiger partial charge is 0.285 e. The molecule has 0 aliphatic heterocycles. The number of hydrogen-bond acceptors (Lipinski definition) is 3. The molecule has 0 fully saturated rings. The predicted octanol–water partition coefficient (Wildman–Crippen LogP) is 1.48. The van der Waals surface area contributed by atoms with Crippen molar-refractivity contribution in [3.63, 3.8) is 0 Å². The molecule has 0 bridgehead atoms. The summed E-state index contributed by atoms with van der Waals surface area (Å²) in [6.45, 7) is 5.22. The second kappa shape index (κ2) is 4.06. The predicted molar refractivity (Wildman–Crippen MR) is 53.0 cm³/mol. The van der Waals surface area contributed by atoms with Crippen LogP contribution >= 0.6 is 0 Å². The second-order valence-electron chi connectivity index (χ2n) is 3.17. The van der Waals surface area contributed by atoms with Gasteiger partial charge in [-0.2, -0.15) is 8.42 Å². The first-order chi connectivity index (χ1) is 6.43.